The molecule has 4 aromatic rings. The Hall–Kier alpha value is -2.90. The first kappa shape index (κ1) is 19.1. The number of thiazole rings is 1. The van der Waals surface area contributed by atoms with E-state index < -0.39 is 0 Å². The summed E-state index contributed by atoms with van der Waals surface area (Å²) in [5.41, 5.74) is 3.22. The number of anilines is 1. The average Bonchev–Trinajstić information content (AvgIpc) is 3.35. The molecule has 1 aliphatic heterocycles. The zero-order valence-electron chi connectivity index (χ0n) is 16.0. The normalized spacial score (nSPS) is 14.5. The van der Waals surface area contributed by atoms with Gasteiger partial charge in [-0.1, -0.05) is 17.7 Å². The van der Waals surface area contributed by atoms with Gasteiger partial charge in [-0.25, -0.2) is 9.37 Å². The molecule has 1 amide bonds. The quantitative estimate of drug-likeness (QED) is 0.458. The van der Waals surface area contributed by atoms with Crippen molar-refractivity contribution in [2.45, 2.75) is 0 Å². The van der Waals surface area contributed by atoms with Crippen molar-refractivity contribution in [3.8, 4) is 11.3 Å². The zero-order valence-corrected chi connectivity index (χ0v) is 17.5. The van der Waals surface area contributed by atoms with Crippen molar-refractivity contribution in [3.63, 3.8) is 0 Å². The molecule has 0 saturated carbocycles. The molecule has 1 aliphatic rings. The van der Waals surface area contributed by atoms with Gasteiger partial charge in [0.2, 0.25) is 0 Å². The fraction of sp³-hybridized carbons (Fsp3) is 0.182. The van der Waals surface area contributed by atoms with E-state index in [-0.39, 0.29) is 11.7 Å². The van der Waals surface area contributed by atoms with E-state index in [2.05, 4.69) is 9.88 Å². The lowest BCUT2D eigenvalue weighted by atomic mass is 10.2. The van der Waals surface area contributed by atoms with Gasteiger partial charge in [0.25, 0.3) is 5.91 Å². The molecule has 5 rings (SSSR count). The van der Waals surface area contributed by atoms with Crippen LogP contribution in [-0.2, 0) is 0 Å². The highest BCUT2D eigenvalue weighted by molar-refractivity contribution is 7.15. The van der Waals surface area contributed by atoms with Crippen LogP contribution < -0.4 is 4.90 Å². The summed E-state index contributed by atoms with van der Waals surface area (Å²) in [5.74, 6) is -0.289. The number of aromatic nitrogens is 2. The van der Waals surface area contributed by atoms with Crippen molar-refractivity contribution >= 4 is 39.5 Å². The Morgan fingerprint density at radius 1 is 1.07 bits per heavy atom. The summed E-state index contributed by atoms with van der Waals surface area (Å²) in [6.07, 6.45) is 1.84. The van der Waals surface area contributed by atoms with Gasteiger partial charge in [0.05, 0.1) is 5.69 Å². The molecule has 0 atom stereocenters. The number of hydrogen-bond donors (Lipinski definition) is 0. The fourth-order valence-corrected chi connectivity index (χ4v) is 4.73. The first-order valence-corrected chi connectivity index (χ1v) is 10.9. The lowest BCUT2D eigenvalue weighted by molar-refractivity contribution is 0.0740. The predicted octanol–water partition coefficient (Wildman–Crippen LogP) is 4.82. The molecule has 0 spiro atoms. The zero-order chi connectivity index (χ0) is 20.7. The molecule has 2 aromatic carbocycles. The van der Waals surface area contributed by atoms with Crippen LogP contribution in [0, 0.1) is 5.82 Å². The van der Waals surface area contributed by atoms with Crippen LogP contribution >= 0.6 is 22.9 Å². The summed E-state index contributed by atoms with van der Waals surface area (Å²) < 4.78 is 15.0. The van der Waals surface area contributed by atoms with Crippen LogP contribution in [0.1, 0.15) is 10.5 Å². The summed E-state index contributed by atoms with van der Waals surface area (Å²) >= 11 is 7.53. The molecular weight excluding hydrogens is 423 g/mol. The van der Waals surface area contributed by atoms with Gasteiger partial charge in [-0.3, -0.25) is 9.20 Å². The van der Waals surface area contributed by atoms with Crippen LogP contribution in [0.4, 0.5) is 10.1 Å². The van der Waals surface area contributed by atoms with Crippen molar-refractivity contribution in [1.29, 1.82) is 0 Å². The van der Waals surface area contributed by atoms with E-state index in [4.69, 9.17) is 11.6 Å². The maximum atomic E-state index is 13.2. The monoisotopic (exact) mass is 440 g/mol. The van der Waals surface area contributed by atoms with Crippen molar-refractivity contribution < 1.29 is 9.18 Å². The number of halogens is 2. The maximum absolute atomic E-state index is 13.2. The number of carbonyl (C=O) groups excluding carboxylic acids is 1. The number of piperazine rings is 1. The third-order valence-electron chi connectivity index (χ3n) is 5.31. The van der Waals surface area contributed by atoms with Gasteiger partial charge < -0.3 is 9.80 Å². The van der Waals surface area contributed by atoms with E-state index in [1.54, 1.807) is 12.1 Å². The number of carbonyl (C=O) groups is 1. The first-order chi connectivity index (χ1) is 14.6. The van der Waals surface area contributed by atoms with E-state index in [0.717, 1.165) is 35.0 Å². The predicted molar refractivity (Wildman–Crippen MR) is 118 cm³/mol. The van der Waals surface area contributed by atoms with Crippen LogP contribution in [0.2, 0.25) is 5.02 Å². The Labute approximate surface area is 181 Å². The van der Waals surface area contributed by atoms with E-state index in [0.29, 0.717) is 23.8 Å². The minimum absolute atomic E-state index is 0.00458. The van der Waals surface area contributed by atoms with E-state index in [9.17, 15) is 9.18 Å². The molecule has 1 fully saturated rings. The van der Waals surface area contributed by atoms with Crippen LogP contribution in [0.25, 0.3) is 16.2 Å². The molecule has 0 aliphatic carbocycles. The van der Waals surface area contributed by atoms with Crippen LogP contribution in [0.3, 0.4) is 0 Å². The van der Waals surface area contributed by atoms with Gasteiger partial charge in [-0.15, -0.1) is 11.3 Å². The molecule has 0 N–H and O–H groups in total. The minimum atomic E-state index is -0.285. The van der Waals surface area contributed by atoms with E-state index >= 15 is 0 Å². The lowest BCUT2D eigenvalue weighted by Crippen LogP contribution is -2.49. The van der Waals surface area contributed by atoms with Crippen LogP contribution in [-0.4, -0.2) is 46.4 Å². The summed E-state index contributed by atoms with van der Waals surface area (Å²) in [5, 5.41) is 2.56. The summed E-state index contributed by atoms with van der Waals surface area (Å²) in [4.78, 5) is 22.6. The van der Waals surface area contributed by atoms with E-state index in [1.807, 2.05) is 45.1 Å². The molecule has 0 radical (unpaired) electrons. The molecule has 2 aromatic heterocycles. The molecular formula is C22H18ClFN4OS. The Morgan fingerprint density at radius 3 is 2.57 bits per heavy atom. The SMILES string of the molecule is O=C(c1csc2nc(-c3ccc(F)cc3)cn12)N1CCN(c2cccc(Cl)c2)CC1. The summed E-state index contributed by atoms with van der Waals surface area (Å²) in [6, 6.07) is 14.0. The minimum Gasteiger partial charge on any atom is -0.368 e. The number of rotatable bonds is 3. The molecule has 152 valence electrons. The molecule has 5 nitrogen and oxygen atoms in total. The van der Waals surface area contributed by atoms with Gasteiger partial charge >= 0.3 is 0 Å². The van der Waals surface area contributed by atoms with Crippen molar-refractivity contribution in [2.24, 2.45) is 0 Å². The summed E-state index contributed by atoms with van der Waals surface area (Å²) in [6.45, 7) is 2.79. The maximum Gasteiger partial charge on any atom is 0.271 e. The molecule has 30 heavy (non-hydrogen) atoms. The summed E-state index contributed by atoms with van der Waals surface area (Å²) in [7, 11) is 0. The van der Waals surface area contributed by atoms with Gasteiger partial charge in [-0.05, 0) is 42.5 Å². The van der Waals surface area contributed by atoms with Crippen LogP contribution in [0.15, 0.2) is 60.1 Å². The smallest absolute Gasteiger partial charge is 0.271 e. The number of fused-ring (bicyclic) bond motifs is 1. The van der Waals surface area contributed by atoms with Crippen LogP contribution in [0.5, 0.6) is 0 Å². The Balaban J connectivity index is 1.33. The number of hydrogen-bond acceptors (Lipinski definition) is 4. The molecule has 0 unspecified atom stereocenters. The second-order valence-corrected chi connectivity index (χ2v) is 8.44. The Morgan fingerprint density at radius 2 is 1.83 bits per heavy atom. The molecule has 3 heterocycles. The van der Waals surface area contributed by atoms with Crippen molar-refractivity contribution in [2.75, 3.05) is 31.1 Å². The van der Waals surface area contributed by atoms with E-state index in [1.165, 1.54) is 23.5 Å². The first-order valence-electron chi connectivity index (χ1n) is 9.61. The Kier molecular flexibility index (Phi) is 4.92. The highest BCUT2D eigenvalue weighted by Gasteiger charge is 2.25. The fourth-order valence-electron chi connectivity index (χ4n) is 3.70. The van der Waals surface area contributed by atoms with Gasteiger partial charge in [0.15, 0.2) is 4.96 Å². The molecule has 8 heteroatoms. The van der Waals surface area contributed by atoms with Crippen molar-refractivity contribution in [1.82, 2.24) is 14.3 Å². The molecule has 0 bridgehead atoms. The highest BCUT2D eigenvalue weighted by atomic mass is 35.5. The largest absolute Gasteiger partial charge is 0.368 e. The molecule has 1 saturated heterocycles. The highest BCUT2D eigenvalue weighted by Crippen LogP contribution is 2.26. The standard InChI is InChI=1S/C22H18ClFN4OS/c23-16-2-1-3-18(12-16)26-8-10-27(11-9-26)21(29)20-14-30-22-25-19(13-28(20)22)15-4-6-17(24)7-5-15/h1-7,12-14H,8-11H2. The second kappa shape index (κ2) is 7.74. The number of imidazole rings is 1. The topological polar surface area (TPSA) is 40.9 Å². The third-order valence-corrected chi connectivity index (χ3v) is 6.38. The van der Waals surface area contributed by atoms with Crippen molar-refractivity contribution in [3.05, 3.63) is 76.6 Å². The number of amides is 1. The Bertz CT molecular complexity index is 1210. The third kappa shape index (κ3) is 3.55. The second-order valence-electron chi connectivity index (χ2n) is 7.17. The average molecular weight is 441 g/mol. The lowest BCUT2D eigenvalue weighted by Gasteiger charge is -2.36. The van der Waals surface area contributed by atoms with Gasteiger partial charge in [0.1, 0.15) is 11.5 Å². The van der Waals surface area contributed by atoms with Gasteiger partial charge in [0, 0.05) is 54.0 Å². The number of nitrogens with zero attached hydrogens (tertiary/aromatic N) is 4. The van der Waals surface area contributed by atoms with Gasteiger partial charge in [-0.2, -0.15) is 0 Å². The number of benzene rings is 2.